The van der Waals surface area contributed by atoms with E-state index in [0.29, 0.717) is 12.0 Å². The molecule has 0 radical (unpaired) electrons. The second-order valence-electron chi connectivity index (χ2n) is 5.55. The summed E-state index contributed by atoms with van der Waals surface area (Å²) in [5.74, 6) is -0.268. The van der Waals surface area contributed by atoms with Gasteiger partial charge in [-0.05, 0) is 37.5 Å². The van der Waals surface area contributed by atoms with Crippen LogP contribution < -0.4 is 0 Å². The van der Waals surface area contributed by atoms with Gasteiger partial charge >= 0.3 is 0 Å². The minimum absolute atomic E-state index is 0.268. The molecule has 0 bridgehead atoms. The molecule has 0 saturated heterocycles. The number of aliphatic hydroxyl groups is 1. The molecule has 108 valence electrons. The molecule has 1 aromatic carbocycles. The van der Waals surface area contributed by atoms with E-state index < -0.39 is 6.10 Å². The molecular formula is C17H27FO. The van der Waals surface area contributed by atoms with Crippen molar-refractivity contribution in [3.8, 4) is 0 Å². The Bertz CT molecular complexity index is 364. The molecule has 0 saturated carbocycles. The van der Waals surface area contributed by atoms with Gasteiger partial charge in [-0.2, -0.15) is 0 Å². The summed E-state index contributed by atoms with van der Waals surface area (Å²) >= 11 is 0. The molecule has 0 heterocycles. The fourth-order valence-corrected chi connectivity index (χ4v) is 2.61. The average Bonchev–Trinajstić information content (AvgIpc) is 2.32. The van der Waals surface area contributed by atoms with E-state index in [9.17, 15) is 9.50 Å². The van der Waals surface area contributed by atoms with Crippen LogP contribution in [0.3, 0.4) is 0 Å². The van der Waals surface area contributed by atoms with Gasteiger partial charge in [0.05, 0.1) is 6.10 Å². The molecule has 0 spiro atoms. The van der Waals surface area contributed by atoms with Gasteiger partial charge in [0.2, 0.25) is 0 Å². The minimum Gasteiger partial charge on any atom is -0.388 e. The van der Waals surface area contributed by atoms with Gasteiger partial charge in [-0.1, -0.05) is 51.5 Å². The zero-order chi connectivity index (χ0) is 14.3. The number of halogens is 1. The number of hydrogen-bond acceptors (Lipinski definition) is 1. The highest BCUT2D eigenvalue weighted by Crippen LogP contribution is 2.26. The van der Waals surface area contributed by atoms with Crippen molar-refractivity contribution in [2.75, 3.05) is 0 Å². The van der Waals surface area contributed by atoms with E-state index in [0.717, 1.165) is 24.0 Å². The third-order valence-corrected chi connectivity index (χ3v) is 3.65. The summed E-state index contributed by atoms with van der Waals surface area (Å²) in [5, 5.41) is 10.1. The lowest BCUT2D eigenvalue weighted by Crippen LogP contribution is -2.04. The van der Waals surface area contributed by atoms with Crippen molar-refractivity contribution in [1.29, 1.82) is 0 Å². The van der Waals surface area contributed by atoms with Crippen molar-refractivity contribution in [3.05, 3.63) is 34.6 Å². The van der Waals surface area contributed by atoms with Crippen LogP contribution in [0.25, 0.3) is 0 Å². The standard InChI is InChI=1S/C17H27FO/c1-4-5-6-7-8-9-10-16(19)17-14(3)11-13(2)12-15(17)18/h11-12,16,19H,4-10H2,1-3H3. The van der Waals surface area contributed by atoms with Crippen molar-refractivity contribution in [2.45, 2.75) is 71.8 Å². The Labute approximate surface area is 116 Å². The van der Waals surface area contributed by atoms with Crippen LogP contribution in [0, 0.1) is 19.7 Å². The van der Waals surface area contributed by atoms with Gasteiger partial charge in [0.1, 0.15) is 5.82 Å². The van der Waals surface area contributed by atoms with E-state index >= 15 is 0 Å². The fourth-order valence-electron chi connectivity index (χ4n) is 2.61. The van der Waals surface area contributed by atoms with Crippen molar-refractivity contribution < 1.29 is 9.50 Å². The SMILES string of the molecule is CCCCCCCCC(O)c1c(C)cc(C)cc1F. The highest BCUT2D eigenvalue weighted by Gasteiger charge is 2.15. The highest BCUT2D eigenvalue weighted by molar-refractivity contribution is 5.33. The molecule has 19 heavy (non-hydrogen) atoms. The van der Waals surface area contributed by atoms with E-state index in [-0.39, 0.29) is 5.82 Å². The number of rotatable bonds is 8. The fraction of sp³-hybridized carbons (Fsp3) is 0.647. The maximum absolute atomic E-state index is 13.9. The molecule has 2 heteroatoms. The van der Waals surface area contributed by atoms with Crippen LogP contribution >= 0.6 is 0 Å². The molecule has 1 aromatic rings. The normalized spacial score (nSPS) is 12.7. The Hall–Kier alpha value is -0.890. The Morgan fingerprint density at radius 1 is 1.05 bits per heavy atom. The van der Waals surface area contributed by atoms with Crippen LogP contribution in [0.15, 0.2) is 12.1 Å². The Morgan fingerprint density at radius 3 is 2.32 bits per heavy atom. The lowest BCUT2D eigenvalue weighted by molar-refractivity contribution is 0.158. The molecule has 0 aromatic heterocycles. The van der Waals surface area contributed by atoms with E-state index in [1.54, 1.807) is 0 Å². The highest BCUT2D eigenvalue weighted by atomic mass is 19.1. The molecule has 0 fully saturated rings. The lowest BCUT2D eigenvalue weighted by Gasteiger charge is -2.15. The average molecular weight is 266 g/mol. The number of unbranched alkanes of at least 4 members (excludes halogenated alkanes) is 5. The maximum Gasteiger partial charge on any atom is 0.129 e. The van der Waals surface area contributed by atoms with Gasteiger partial charge in [-0.25, -0.2) is 4.39 Å². The Balaban J connectivity index is 2.43. The molecule has 0 aliphatic heterocycles. The second-order valence-corrected chi connectivity index (χ2v) is 5.55. The summed E-state index contributed by atoms with van der Waals surface area (Å²) in [4.78, 5) is 0. The second kappa shape index (κ2) is 8.31. The van der Waals surface area contributed by atoms with Gasteiger partial charge in [0, 0.05) is 5.56 Å². The van der Waals surface area contributed by atoms with E-state index in [1.165, 1.54) is 31.7 Å². The van der Waals surface area contributed by atoms with Crippen molar-refractivity contribution in [3.63, 3.8) is 0 Å². The summed E-state index contributed by atoms with van der Waals surface area (Å²) in [7, 11) is 0. The molecule has 1 rings (SSSR count). The summed E-state index contributed by atoms with van der Waals surface area (Å²) in [6.45, 7) is 5.95. The van der Waals surface area contributed by atoms with Gasteiger partial charge < -0.3 is 5.11 Å². The zero-order valence-electron chi connectivity index (χ0n) is 12.5. The summed E-state index contributed by atoms with van der Waals surface area (Å²) in [6, 6.07) is 3.44. The van der Waals surface area contributed by atoms with Gasteiger partial charge in [0.15, 0.2) is 0 Å². The van der Waals surface area contributed by atoms with E-state index in [4.69, 9.17) is 0 Å². The number of aliphatic hydroxyl groups excluding tert-OH is 1. The largest absolute Gasteiger partial charge is 0.388 e. The quantitative estimate of drug-likeness (QED) is 0.639. The third kappa shape index (κ3) is 5.32. The smallest absolute Gasteiger partial charge is 0.129 e. The van der Waals surface area contributed by atoms with Crippen LogP contribution in [0.4, 0.5) is 4.39 Å². The molecule has 0 aliphatic rings. The van der Waals surface area contributed by atoms with Crippen molar-refractivity contribution in [1.82, 2.24) is 0 Å². The van der Waals surface area contributed by atoms with Crippen molar-refractivity contribution >= 4 is 0 Å². The monoisotopic (exact) mass is 266 g/mol. The Morgan fingerprint density at radius 2 is 1.68 bits per heavy atom. The van der Waals surface area contributed by atoms with Gasteiger partial charge in [-0.3, -0.25) is 0 Å². The van der Waals surface area contributed by atoms with Crippen LogP contribution in [-0.4, -0.2) is 5.11 Å². The summed E-state index contributed by atoms with van der Waals surface area (Å²) < 4.78 is 13.9. The summed E-state index contributed by atoms with van der Waals surface area (Å²) in [5.41, 5.74) is 2.25. The molecule has 1 unspecified atom stereocenters. The molecule has 1 atom stereocenters. The number of hydrogen-bond donors (Lipinski definition) is 1. The first kappa shape index (κ1) is 16.2. The maximum atomic E-state index is 13.9. The van der Waals surface area contributed by atoms with Crippen LogP contribution in [0.2, 0.25) is 0 Å². The lowest BCUT2D eigenvalue weighted by atomic mass is 9.96. The van der Waals surface area contributed by atoms with Crippen LogP contribution in [0.5, 0.6) is 0 Å². The van der Waals surface area contributed by atoms with Gasteiger partial charge in [0.25, 0.3) is 0 Å². The van der Waals surface area contributed by atoms with Crippen LogP contribution in [0.1, 0.15) is 74.7 Å². The van der Waals surface area contributed by atoms with Gasteiger partial charge in [-0.15, -0.1) is 0 Å². The molecule has 1 nitrogen and oxygen atoms in total. The summed E-state index contributed by atoms with van der Waals surface area (Å²) in [6.07, 6.45) is 7.12. The first-order valence-corrected chi connectivity index (χ1v) is 7.51. The first-order valence-electron chi connectivity index (χ1n) is 7.51. The predicted octanol–water partition coefficient (Wildman–Crippen LogP) is 5.23. The van der Waals surface area contributed by atoms with Crippen LogP contribution in [-0.2, 0) is 0 Å². The topological polar surface area (TPSA) is 20.2 Å². The molecule has 0 amide bonds. The zero-order valence-corrected chi connectivity index (χ0v) is 12.5. The van der Waals surface area contributed by atoms with Crippen molar-refractivity contribution in [2.24, 2.45) is 0 Å². The number of aryl methyl sites for hydroxylation is 2. The minimum atomic E-state index is -0.660. The molecular weight excluding hydrogens is 239 g/mol. The third-order valence-electron chi connectivity index (χ3n) is 3.65. The number of benzene rings is 1. The first-order chi connectivity index (χ1) is 9.06. The molecule has 0 aliphatic carbocycles. The Kier molecular flexibility index (Phi) is 7.07. The molecule has 1 N–H and O–H groups in total. The van der Waals surface area contributed by atoms with E-state index in [1.807, 2.05) is 19.9 Å². The van der Waals surface area contributed by atoms with E-state index in [2.05, 4.69) is 6.92 Å². The predicted molar refractivity (Wildman–Crippen MR) is 78.8 cm³/mol.